The van der Waals surface area contributed by atoms with Gasteiger partial charge in [-0.2, -0.15) is 11.8 Å². The molecule has 1 saturated heterocycles. The second kappa shape index (κ2) is 4.54. The average Bonchev–Trinajstić information content (AvgIpc) is 2.16. The molecule has 14 heavy (non-hydrogen) atoms. The number of rotatable bonds is 1. The van der Waals surface area contributed by atoms with Gasteiger partial charge < -0.3 is 14.9 Å². The molecule has 0 radical (unpaired) electrons. The number of carbonyl (C=O) groups excluding carboxylic acids is 1. The lowest BCUT2D eigenvalue weighted by molar-refractivity contribution is -0.141. The second-order valence-electron chi connectivity index (χ2n) is 3.30. The van der Waals surface area contributed by atoms with Crippen molar-refractivity contribution in [2.45, 2.75) is 6.04 Å². The zero-order chi connectivity index (χ0) is 10.7. The SMILES string of the molecule is CN(C)C(=O)N1CCSCC1C(=O)O. The summed E-state index contributed by atoms with van der Waals surface area (Å²) in [5.74, 6) is 0.366. The first kappa shape index (κ1) is 11.2. The number of nitrogens with zero attached hydrogens (tertiary/aromatic N) is 2. The Morgan fingerprint density at radius 3 is 2.64 bits per heavy atom. The zero-order valence-corrected chi connectivity index (χ0v) is 9.08. The Bertz CT molecular complexity index is 245. The van der Waals surface area contributed by atoms with Crippen LogP contribution in [-0.2, 0) is 4.79 Å². The number of aliphatic carboxylic acids is 1. The number of carbonyl (C=O) groups is 2. The fourth-order valence-corrected chi connectivity index (χ4v) is 2.33. The number of thioether (sulfide) groups is 1. The second-order valence-corrected chi connectivity index (χ2v) is 4.45. The number of carboxylic acid groups (broad SMARTS) is 1. The van der Waals surface area contributed by atoms with Gasteiger partial charge in [0, 0.05) is 32.1 Å². The summed E-state index contributed by atoms with van der Waals surface area (Å²) in [7, 11) is 3.26. The van der Waals surface area contributed by atoms with Crippen molar-refractivity contribution in [3.63, 3.8) is 0 Å². The Morgan fingerprint density at radius 2 is 2.14 bits per heavy atom. The van der Waals surface area contributed by atoms with Gasteiger partial charge in [0.2, 0.25) is 0 Å². The van der Waals surface area contributed by atoms with E-state index in [0.29, 0.717) is 12.3 Å². The Kier molecular flexibility index (Phi) is 3.62. The summed E-state index contributed by atoms with van der Waals surface area (Å²) in [5, 5.41) is 8.91. The highest BCUT2D eigenvalue weighted by Crippen LogP contribution is 2.17. The van der Waals surface area contributed by atoms with Crippen molar-refractivity contribution in [2.24, 2.45) is 0 Å². The van der Waals surface area contributed by atoms with E-state index in [2.05, 4.69) is 0 Å². The molecule has 1 atom stereocenters. The lowest BCUT2D eigenvalue weighted by Gasteiger charge is -2.34. The lowest BCUT2D eigenvalue weighted by atomic mass is 10.3. The average molecular weight is 218 g/mol. The molecule has 0 aliphatic carbocycles. The first-order chi connectivity index (χ1) is 6.54. The monoisotopic (exact) mass is 218 g/mol. The van der Waals surface area contributed by atoms with E-state index < -0.39 is 12.0 Å². The van der Waals surface area contributed by atoms with Gasteiger partial charge in [-0.05, 0) is 0 Å². The van der Waals surface area contributed by atoms with Gasteiger partial charge in [0.25, 0.3) is 0 Å². The molecule has 5 nitrogen and oxygen atoms in total. The van der Waals surface area contributed by atoms with Crippen LogP contribution < -0.4 is 0 Å². The van der Waals surface area contributed by atoms with E-state index in [-0.39, 0.29) is 6.03 Å². The van der Waals surface area contributed by atoms with Crippen LogP contribution in [0.3, 0.4) is 0 Å². The Morgan fingerprint density at radius 1 is 1.50 bits per heavy atom. The van der Waals surface area contributed by atoms with E-state index in [1.807, 2.05) is 0 Å². The van der Waals surface area contributed by atoms with Crippen LogP contribution in [0.4, 0.5) is 4.79 Å². The molecule has 2 amide bonds. The summed E-state index contributed by atoms with van der Waals surface area (Å²) in [5.41, 5.74) is 0. The van der Waals surface area contributed by atoms with Gasteiger partial charge in [-0.15, -0.1) is 0 Å². The number of hydrogen-bond donors (Lipinski definition) is 1. The van der Waals surface area contributed by atoms with Crippen molar-refractivity contribution < 1.29 is 14.7 Å². The van der Waals surface area contributed by atoms with Crippen LogP contribution in [-0.4, -0.2) is 65.1 Å². The molecule has 1 fully saturated rings. The molecule has 0 saturated carbocycles. The zero-order valence-electron chi connectivity index (χ0n) is 8.27. The summed E-state index contributed by atoms with van der Waals surface area (Å²) in [6, 6.07) is -0.902. The lowest BCUT2D eigenvalue weighted by Crippen LogP contribution is -2.53. The minimum absolute atomic E-state index is 0.224. The molecule has 1 unspecified atom stereocenters. The predicted octanol–water partition coefficient (Wildman–Crippen LogP) is 0.170. The molecule has 0 aromatic rings. The molecule has 1 aliphatic heterocycles. The van der Waals surface area contributed by atoms with Crippen LogP contribution in [0.1, 0.15) is 0 Å². The highest BCUT2D eigenvalue weighted by Gasteiger charge is 2.32. The van der Waals surface area contributed by atoms with Crippen LogP contribution in [0, 0.1) is 0 Å². The van der Waals surface area contributed by atoms with Crippen LogP contribution in [0.2, 0.25) is 0 Å². The van der Waals surface area contributed by atoms with Crippen LogP contribution >= 0.6 is 11.8 Å². The molecule has 0 spiro atoms. The predicted molar refractivity (Wildman–Crippen MR) is 54.5 cm³/mol. The van der Waals surface area contributed by atoms with Gasteiger partial charge >= 0.3 is 12.0 Å². The van der Waals surface area contributed by atoms with Crippen molar-refractivity contribution in [3.8, 4) is 0 Å². The summed E-state index contributed by atoms with van der Waals surface area (Å²) < 4.78 is 0. The topological polar surface area (TPSA) is 60.9 Å². The summed E-state index contributed by atoms with van der Waals surface area (Å²) in [4.78, 5) is 25.3. The Hall–Kier alpha value is -0.910. The first-order valence-electron chi connectivity index (χ1n) is 4.32. The quantitative estimate of drug-likeness (QED) is 0.681. The molecular formula is C8H14N2O3S. The summed E-state index contributed by atoms with van der Waals surface area (Å²) in [6.07, 6.45) is 0. The largest absolute Gasteiger partial charge is 0.480 e. The maximum absolute atomic E-state index is 11.6. The van der Waals surface area contributed by atoms with Gasteiger partial charge in [0.15, 0.2) is 0 Å². The number of carboxylic acids is 1. The number of hydrogen-bond acceptors (Lipinski definition) is 3. The third-order valence-corrected chi connectivity index (χ3v) is 3.06. The van der Waals surface area contributed by atoms with Crippen LogP contribution in [0.15, 0.2) is 0 Å². The molecule has 1 N–H and O–H groups in total. The fraction of sp³-hybridized carbons (Fsp3) is 0.750. The highest BCUT2D eigenvalue weighted by atomic mass is 32.2. The summed E-state index contributed by atoms with van der Waals surface area (Å²) >= 11 is 1.57. The number of amides is 2. The minimum Gasteiger partial charge on any atom is -0.480 e. The third kappa shape index (κ3) is 2.31. The van der Waals surface area contributed by atoms with Gasteiger partial charge in [0.05, 0.1) is 0 Å². The maximum Gasteiger partial charge on any atom is 0.327 e. The molecule has 80 valence electrons. The molecule has 0 bridgehead atoms. The van der Waals surface area contributed by atoms with Crippen molar-refractivity contribution >= 4 is 23.8 Å². The minimum atomic E-state index is -0.924. The normalized spacial score (nSPS) is 21.9. The molecule has 1 heterocycles. The van der Waals surface area contributed by atoms with E-state index in [1.165, 1.54) is 9.80 Å². The van der Waals surface area contributed by atoms with Crippen molar-refractivity contribution in [1.29, 1.82) is 0 Å². The van der Waals surface area contributed by atoms with Gasteiger partial charge in [-0.25, -0.2) is 9.59 Å². The van der Waals surface area contributed by atoms with Gasteiger partial charge in [0.1, 0.15) is 6.04 Å². The maximum atomic E-state index is 11.6. The molecule has 0 aromatic heterocycles. The fourth-order valence-electron chi connectivity index (χ4n) is 1.29. The van der Waals surface area contributed by atoms with E-state index in [0.717, 1.165) is 5.75 Å². The Labute approximate surface area is 87.0 Å². The van der Waals surface area contributed by atoms with E-state index in [4.69, 9.17) is 5.11 Å². The smallest absolute Gasteiger partial charge is 0.327 e. The van der Waals surface area contributed by atoms with Crippen molar-refractivity contribution in [3.05, 3.63) is 0 Å². The molecule has 1 rings (SSSR count). The molecular weight excluding hydrogens is 204 g/mol. The van der Waals surface area contributed by atoms with Crippen LogP contribution in [0.5, 0.6) is 0 Å². The number of urea groups is 1. The third-order valence-electron chi connectivity index (χ3n) is 2.04. The standard InChI is InChI=1S/C8H14N2O3S/c1-9(2)8(13)10-3-4-14-5-6(10)7(11)12/h6H,3-5H2,1-2H3,(H,11,12). The van der Waals surface area contributed by atoms with Gasteiger partial charge in [-0.3, -0.25) is 0 Å². The Balaban J connectivity index is 2.72. The van der Waals surface area contributed by atoms with E-state index in [9.17, 15) is 9.59 Å². The van der Waals surface area contributed by atoms with Crippen molar-refractivity contribution in [2.75, 3.05) is 32.1 Å². The highest BCUT2D eigenvalue weighted by molar-refractivity contribution is 7.99. The van der Waals surface area contributed by atoms with Crippen LogP contribution in [0.25, 0.3) is 0 Å². The molecule has 0 aromatic carbocycles. The first-order valence-corrected chi connectivity index (χ1v) is 5.48. The van der Waals surface area contributed by atoms with E-state index >= 15 is 0 Å². The summed E-state index contributed by atoms with van der Waals surface area (Å²) in [6.45, 7) is 0.513. The van der Waals surface area contributed by atoms with Gasteiger partial charge in [-0.1, -0.05) is 0 Å². The van der Waals surface area contributed by atoms with E-state index in [1.54, 1.807) is 25.9 Å². The molecule has 6 heteroatoms. The van der Waals surface area contributed by atoms with Crippen molar-refractivity contribution in [1.82, 2.24) is 9.80 Å². The molecule has 1 aliphatic rings.